The van der Waals surface area contributed by atoms with E-state index in [1.165, 1.54) is 6.20 Å². The van der Waals surface area contributed by atoms with Crippen molar-refractivity contribution in [3.05, 3.63) is 35.5 Å². The number of nitrogens with two attached hydrogens (primary N) is 1. The second kappa shape index (κ2) is 5.03. The summed E-state index contributed by atoms with van der Waals surface area (Å²) in [5.74, 6) is 0. The summed E-state index contributed by atoms with van der Waals surface area (Å²) >= 11 is 0. The number of fused-ring (bicyclic) bond motifs is 1. The molecule has 1 aromatic rings. The van der Waals surface area contributed by atoms with Gasteiger partial charge < -0.3 is 5.73 Å². The molecule has 2 fully saturated rings. The molecule has 1 saturated heterocycles. The molecule has 0 spiro atoms. The molecule has 1 aliphatic heterocycles. The SMILES string of the molecule is [B][C@@]12CCC[C@]1(N)CN(CC(=C)c1ccc(N=O)cn1)C2. The minimum Gasteiger partial charge on any atom is -0.324 e. The molecule has 2 atom stereocenters. The smallest absolute Gasteiger partial charge is 0.126 e. The van der Waals surface area contributed by atoms with Crippen molar-refractivity contribution in [2.24, 2.45) is 10.9 Å². The molecular formula is C15H19BN4O. The van der Waals surface area contributed by atoms with E-state index in [9.17, 15) is 4.91 Å². The van der Waals surface area contributed by atoms with E-state index in [-0.39, 0.29) is 10.9 Å². The molecule has 5 nitrogen and oxygen atoms in total. The minimum absolute atomic E-state index is 0.272. The van der Waals surface area contributed by atoms with Crippen molar-refractivity contribution in [1.82, 2.24) is 9.88 Å². The number of nitrogens with zero attached hydrogens (tertiary/aromatic N) is 3. The normalized spacial score (nSPS) is 32.0. The molecule has 21 heavy (non-hydrogen) atoms. The van der Waals surface area contributed by atoms with E-state index >= 15 is 0 Å². The lowest BCUT2D eigenvalue weighted by atomic mass is 9.60. The molecule has 3 rings (SSSR count). The number of pyridine rings is 1. The highest BCUT2D eigenvalue weighted by atomic mass is 16.3. The highest BCUT2D eigenvalue weighted by Gasteiger charge is 2.54. The van der Waals surface area contributed by atoms with Crippen LogP contribution in [-0.2, 0) is 0 Å². The average Bonchev–Trinajstić information content (AvgIpc) is 2.86. The van der Waals surface area contributed by atoms with Crippen LogP contribution in [0.15, 0.2) is 30.1 Å². The second-order valence-electron chi connectivity index (χ2n) is 6.41. The van der Waals surface area contributed by atoms with E-state index in [0.717, 1.165) is 43.6 Å². The third kappa shape index (κ3) is 2.42. The molecule has 1 aromatic heterocycles. The van der Waals surface area contributed by atoms with Crippen LogP contribution in [0.2, 0.25) is 5.31 Å². The summed E-state index contributed by atoms with van der Waals surface area (Å²) in [4.78, 5) is 16.9. The first-order valence-corrected chi connectivity index (χ1v) is 7.23. The average molecular weight is 282 g/mol. The van der Waals surface area contributed by atoms with Crippen molar-refractivity contribution in [3.8, 4) is 0 Å². The number of nitroso groups, excluding NO2 is 1. The number of hydrogen-bond acceptors (Lipinski definition) is 5. The second-order valence-corrected chi connectivity index (χ2v) is 6.41. The molecule has 0 bridgehead atoms. The Kier molecular flexibility index (Phi) is 3.46. The predicted octanol–water partition coefficient (Wildman–Crippen LogP) is 2.02. The van der Waals surface area contributed by atoms with Gasteiger partial charge in [-0.3, -0.25) is 9.88 Å². The quantitative estimate of drug-likeness (QED) is 0.677. The number of aromatic nitrogens is 1. The Bertz CT molecular complexity index is 558. The first-order chi connectivity index (χ1) is 9.96. The third-order valence-corrected chi connectivity index (χ3v) is 4.88. The molecule has 2 aliphatic rings. The molecule has 2 radical (unpaired) electrons. The van der Waals surface area contributed by atoms with Crippen molar-refractivity contribution >= 4 is 19.1 Å². The summed E-state index contributed by atoms with van der Waals surface area (Å²) in [6.07, 6.45) is 4.55. The number of rotatable bonds is 4. The molecule has 2 heterocycles. The fourth-order valence-electron chi connectivity index (χ4n) is 3.66. The molecule has 0 aromatic carbocycles. The van der Waals surface area contributed by atoms with Gasteiger partial charge in [0.2, 0.25) is 0 Å². The van der Waals surface area contributed by atoms with Gasteiger partial charge in [-0.1, -0.05) is 19.4 Å². The van der Waals surface area contributed by atoms with E-state index in [4.69, 9.17) is 13.6 Å². The summed E-state index contributed by atoms with van der Waals surface area (Å²) in [7, 11) is 6.48. The van der Waals surface area contributed by atoms with Gasteiger partial charge >= 0.3 is 0 Å². The van der Waals surface area contributed by atoms with Crippen LogP contribution in [0.5, 0.6) is 0 Å². The van der Waals surface area contributed by atoms with Gasteiger partial charge in [0.1, 0.15) is 5.69 Å². The summed E-state index contributed by atoms with van der Waals surface area (Å²) in [5, 5.41) is 2.57. The molecule has 1 saturated carbocycles. The van der Waals surface area contributed by atoms with Crippen LogP contribution in [-0.4, -0.2) is 42.9 Å². The standard InChI is InChI=1S/C15H19BN4O/c1-11(13-4-3-12(19-21)7-18-13)8-20-9-14(16)5-2-6-15(14,17)10-20/h3-4,7H,1-2,5-6,8-10,17H2/t14-,15+/m1/s1. The van der Waals surface area contributed by atoms with Gasteiger partial charge in [0.05, 0.1) is 19.7 Å². The molecular weight excluding hydrogens is 263 g/mol. The fourth-order valence-corrected chi connectivity index (χ4v) is 3.66. The summed E-state index contributed by atoms with van der Waals surface area (Å²) < 4.78 is 0. The summed E-state index contributed by atoms with van der Waals surface area (Å²) in [6, 6.07) is 3.42. The lowest BCUT2D eigenvalue weighted by Gasteiger charge is -2.33. The highest BCUT2D eigenvalue weighted by molar-refractivity contribution is 6.17. The maximum atomic E-state index is 10.4. The fraction of sp³-hybridized carbons (Fsp3) is 0.533. The van der Waals surface area contributed by atoms with Crippen molar-refractivity contribution in [3.63, 3.8) is 0 Å². The molecule has 0 amide bonds. The summed E-state index contributed by atoms with van der Waals surface area (Å²) in [6.45, 7) is 6.39. The van der Waals surface area contributed by atoms with Crippen molar-refractivity contribution < 1.29 is 0 Å². The Hall–Kier alpha value is -1.53. The van der Waals surface area contributed by atoms with Crippen LogP contribution in [0.25, 0.3) is 5.57 Å². The molecule has 0 unspecified atom stereocenters. The maximum absolute atomic E-state index is 10.4. The van der Waals surface area contributed by atoms with Crippen LogP contribution in [0.4, 0.5) is 5.69 Å². The van der Waals surface area contributed by atoms with E-state index in [1.807, 2.05) is 0 Å². The van der Waals surface area contributed by atoms with Gasteiger partial charge in [-0.25, -0.2) is 0 Å². The Morgan fingerprint density at radius 3 is 2.90 bits per heavy atom. The van der Waals surface area contributed by atoms with Gasteiger partial charge in [0.25, 0.3) is 0 Å². The Morgan fingerprint density at radius 2 is 2.29 bits per heavy atom. The van der Waals surface area contributed by atoms with Gasteiger partial charge in [0, 0.05) is 18.6 Å². The lowest BCUT2D eigenvalue weighted by Crippen LogP contribution is -2.47. The van der Waals surface area contributed by atoms with Gasteiger partial charge in [-0.05, 0) is 41.2 Å². The Morgan fingerprint density at radius 1 is 1.48 bits per heavy atom. The Balaban J connectivity index is 1.67. The molecule has 1 aliphatic carbocycles. The number of likely N-dealkylation sites (tertiary alicyclic amines) is 1. The molecule has 6 heteroatoms. The maximum Gasteiger partial charge on any atom is 0.126 e. The monoisotopic (exact) mass is 282 g/mol. The van der Waals surface area contributed by atoms with E-state index < -0.39 is 0 Å². The topological polar surface area (TPSA) is 71.6 Å². The van der Waals surface area contributed by atoms with E-state index in [0.29, 0.717) is 12.2 Å². The zero-order chi connectivity index (χ0) is 15.1. The Labute approximate surface area is 126 Å². The van der Waals surface area contributed by atoms with E-state index in [2.05, 4.69) is 21.6 Å². The highest BCUT2D eigenvalue weighted by Crippen LogP contribution is 2.53. The lowest BCUT2D eigenvalue weighted by molar-refractivity contribution is 0.336. The zero-order valence-electron chi connectivity index (χ0n) is 12.1. The van der Waals surface area contributed by atoms with Crippen molar-refractivity contribution in [1.29, 1.82) is 0 Å². The minimum atomic E-state index is -0.272. The third-order valence-electron chi connectivity index (χ3n) is 4.88. The van der Waals surface area contributed by atoms with Crippen LogP contribution in [0.3, 0.4) is 0 Å². The summed E-state index contributed by atoms with van der Waals surface area (Å²) in [5.41, 5.74) is 8.21. The van der Waals surface area contributed by atoms with Crippen LogP contribution < -0.4 is 5.73 Å². The van der Waals surface area contributed by atoms with Crippen LogP contribution in [0, 0.1) is 4.91 Å². The first kappa shape index (κ1) is 14.4. The largest absolute Gasteiger partial charge is 0.324 e. The van der Waals surface area contributed by atoms with Crippen molar-refractivity contribution in [2.45, 2.75) is 30.1 Å². The van der Waals surface area contributed by atoms with Gasteiger partial charge in [0.15, 0.2) is 0 Å². The van der Waals surface area contributed by atoms with Crippen molar-refractivity contribution in [2.75, 3.05) is 19.6 Å². The molecule has 2 N–H and O–H groups in total. The van der Waals surface area contributed by atoms with E-state index in [1.54, 1.807) is 12.1 Å². The van der Waals surface area contributed by atoms with Gasteiger partial charge in [-0.2, -0.15) is 0 Å². The first-order valence-electron chi connectivity index (χ1n) is 7.23. The number of hydrogen-bond donors (Lipinski definition) is 1. The predicted molar refractivity (Wildman–Crippen MR) is 84.4 cm³/mol. The van der Waals surface area contributed by atoms with Crippen LogP contribution >= 0.6 is 0 Å². The van der Waals surface area contributed by atoms with Gasteiger partial charge in [-0.15, -0.1) is 4.91 Å². The molecule has 108 valence electrons. The zero-order valence-corrected chi connectivity index (χ0v) is 12.1. The van der Waals surface area contributed by atoms with Crippen LogP contribution in [0.1, 0.15) is 25.0 Å².